The highest BCUT2D eigenvalue weighted by molar-refractivity contribution is 6.51. The molecule has 1 aliphatic rings. The fourth-order valence-electron chi connectivity index (χ4n) is 3.72. The van der Waals surface area contributed by atoms with Gasteiger partial charge in [0.15, 0.2) is 0 Å². The zero-order valence-electron chi connectivity index (χ0n) is 16.3. The summed E-state index contributed by atoms with van der Waals surface area (Å²) in [6.45, 7) is 0. The molecule has 1 saturated heterocycles. The molecule has 0 spiro atoms. The van der Waals surface area contributed by atoms with Gasteiger partial charge < -0.3 is 10.1 Å². The number of aliphatic hydroxyl groups is 1. The number of aliphatic hydroxyl groups excluding tert-OH is 1. The van der Waals surface area contributed by atoms with Gasteiger partial charge in [-0.3, -0.25) is 19.5 Å². The molecule has 3 heterocycles. The summed E-state index contributed by atoms with van der Waals surface area (Å²) < 4.78 is 0. The number of H-pyrrole nitrogens is 1. The number of pyridine rings is 1. The topological polar surface area (TPSA) is 99.2 Å². The molecule has 0 saturated carbocycles. The summed E-state index contributed by atoms with van der Waals surface area (Å²) in [5.41, 5.74) is 1.87. The van der Waals surface area contributed by atoms with Gasteiger partial charge in [0.1, 0.15) is 11.8 Å². The molecule has 0 radical (unpaired) electrons. The van der Waals surface area contributed by atoms with Crippen LogP contribution in [0.1, 0.15) is 17.3 Å². The average Bonchev–Trinajstić information content (AvgIpc) is 3.34. The Morgan fingerprint density at radius 1 is 1.00 bits per heavy atom. The van der Waals surface area contributed by atoms with Crippen LogP contribution < -0.4 is 4.90 Å². The van der Waals surface area contributed by atoms with Crippen LogP contribution in [0, 0.1) is 0 Å². The largest absolute Gasteiger partial charge is 0.507 e. The van der Waals surface area contributed by atoms with E-state index in [1.807, 2.05) is 18.2 Å². The summed E-state index contributed by atoms with van der Waals surface area (Å²) in [5.74, 6) is -1.89. The lowest BCUT2D eigenvalue weighted by atomic mass is 9.98. The van der Waals surface area contributed by atoms with Crippen LogP contribution in [0.3, 0.4) is 0 Å². The van der Waals surface area contributed by atoms with Crippen molar-refractivity contribution in [2.24, 2.45) is 0 Å². The van der Waals surface area contributed by atoms with E-state index in [-0.39, 0.29) is 27.9 Å². The molecule has 0 aliphatic carbocycles. The molecule has 5 rings (SSSR count). The molecule has 4 aromatic rings. The fourth-order valence-corrected chi connectivity index (χ4v) is 4.02. The van der Waals surface area contributed by atoms with E-state index in [4.69, 9.17) is 23.2 Å². The van der Waals surface area contributed by atoms with Gasteiger partial charge in [-0.05, 0) is 42.5 Å². The maximum Gasteiger partial charge on any atom is 0.302 e. The Labute approximate surface area is 191 Å². The van der Waals surface area contributed by atoms with Crippen LogP contribution in [-0.2, 0) is 9.59 Å². The number of imidazole rings is 1. The fraction of sp³-hybridized carbons (Fsp3) is 0.0435. The number of carbonyl (C=O) groups is 2. The van der Waals surface area contributed by atoms with Gasteiger partial charge in [0.25, 0.3) is 5.78 Å². The molecule has 158 valence electrons. The van der Waals surface area contributed by atoms with Crippen LogP contribution in [0.25, 0.3) is 16.8 Å². The van der Waals surface area contributed by atoms with E-state index in [0.29, 0.717) is 21.7 Å². The predicted molar refractivity (Wildman–Crippen MR) is 122 cm³/mol. The minimum absolute atomic E-state index is 0.118. The maximum absolute atomic E-state index is 13.1. The number of Topliss-reactive ketones (excluding diaryl/α,β-unsaturated/α-hetero) is 1. The molecule has 1 amide bonds. The Kier molecular flexibility index (Phi) is 4.92. The Morgan fingerprint density at radius 2 is 1.78 bits per heavy atom. The van der Waals surface area contributed by atoms with E-state index in [2.05, 4.69) is 15.0 Å². The first-order chi connectivity index (χ1) is 15.5. The summed E-state index contributed by atoms with van der Waals surface area (Å²) in [6, 6.07) is 15.9. The first kappa shape index (κ1) is 20.2. The van der Waals surface area contributed by atoms with E-state index < -0.39 is 17.7 Å². The van der Waals surface area contributed by atoms with E-state index in [9.17, 15) is 14.7 Å². The zero-order chi connectivity index (χ0) is 22.4. The van der Waals surface area contributed by atoms with Gasteiger partial charge >= 0.3 is 5.91 Å². The van der Waals surface area contributed by atoms with E-state index in [0.717, 1.165) is 0 Å². The third-order valence-corrected chi connectivity index (χ3v) is 5.95. The minimum Gasteiger partial charge on any atom is -0.507 e. The normalized spacial score (nSPS) is 17.9. The van der Waals surface area contributed by atoms with Crippen LogP contribution in [0.2, 0.25) is 10.0 Å². The minimum atomic E-state index is -0.994. The third kappa shape index (κ3) is 3.23. The average molecular weight is 465 g/mol. The van der Waals surface area contributed by atoms with Gasteiger partial charge in [0.05, 0.1) is 32.3 Å². The van der Waals surface area contributed by atoms with Crippen molar-refractivity contribution in [2.45, 2.75) is 6.04 Å². The van der Waals surface area contributed by atoms with Crippen molar-refractivity contribution >= 4 is 57.6 Å². The predicted octanol–water partition coefficient (Wildman–Crippen LogP) is 4.89. The molecule has 2 N–H and O–H groups in total. The third-order valence-electron chi connectivity index (χ3n) is 5.21. The van der Waals surface area contributed by atoms with Crippen molar-refractivity contribution in [2.75, 3.05) is 4.90 Å². The standard InChI is InChI=1S/C23H14Cl2N4O3/c24-13-9-8-12(11-14(13)25)20(30)18-19(17-7-3-4-10-26-17)29(22(32)21(18)31)23-27-15-5-1-2-6-16(15)28-23/h1-11,19,30H,(H,27,28)/b20-18+. The van der Waals surface area contributed by atoms with Crippen molar-refractivity contribution in [1.29, 1.82) is 0 Å². The lowest BCUT2D eigenvalue weighted by molar-refractivity contribution is -0.132. The van der Waals surface area contributed by atoms with Gasteiger partial charge in [0, 0.05) is 11.8 Å². The smallest absolute Gasteiger partial charge is 0.302 e. The summed E-state index contributed by atoms with van der Waals surface area (Å²) in [6.07, 6.45) is 1.55. The maximum atomic E-state index is 13.1. The quantitative estimate of drug-likeness (QED) is 0.255. The highest BCUT2D eigenvalue weighted by Crippen LogP contribution is 2.41. The number of fused-ring (bicyclic) bond motifs is 1. The second kappa shape index (κ2) is 7.78. The van der Waals surface area contributed by atoms with Crippen LogP contribution in [0.4, 0.5) is 5.95 Å². The van der Waals surface area contributed by atoms with E-state index >= 15 is 0 Å². The summed E-state index contributed by atoms with van der Waals surface area (Å²) >= 11 is 12.1. The molecule has 1 aliphatic heterocycles. The number of benzene rings is 2. The van der Waals surface area contributed by atoms with Crippen LogP contribution >= 0.6 is 23.2 Å². The van der Waals surface area contributed by atoms with Crippen molar-refractivity contribution in [3.8, 4) is 0 Å². The molecule has 2 aromatic carbocycles. The molecule has 7 nitrogen and oxygen atoms in total. The number of aromatic amines is 1. The van der Waals surface area contributed by atoms with Gasteiger partial charge in [-0.15, -0.1) is 0 Å². The second-order valence-corrected chi connectivity index (χ2v) is 7.94. The second-order valence-electron chi connectivity index (χ2n) is 7.13. The Hall–Kier alpha value is -3.68. The lowest BCUT2D eigenvalue weighted by Crippen LogP contribution is -2.30. The SMILES string of the molecule is O=C1C(=O)N(c2nc3ccccc3[nH]2)C(c2ccccn2)/C1=C(\O)c1ccc(Cl)c(Cl)c1. The zero-order valence-corrected chi connectivity index (χ0v) is 17.8. The van der Waals surface area contributed by atoms with Crippen molar-refractivity contribution in [3.05, 3.63) is 93.7 Å². The number of hydrogen-bond donors (Lipinski definition) is 2. The van der Waals surface area contributed by atoms with Gasteiger partial charge in [-0.2, -0.15) is 0 Å². The Morgan fingerprint density at radius 3 is 2.50 bits per heavy atom. The lowest BCUT2D eigenvalue weighted by Gasteiger charge is -2.22. The van der Waals surface area contributed by atoms with E-state index in [1.165, 1.54) is 23.1 Å². The molecule has 1 unspecified atom stereocenters. The van der Waals surface area contributed by atoms with Crippen LogP contribution in [0.15, 0.2) is 72.4 Å². The Balaban J connectivity index is 1.73. The van der Waals surface area contributed by atoms with Crippen molar-refractivity contribution in [3.63, 3.8) is 0 Å². The molecule has 2 aromatic heterocycles. The number of aromatic nitrogens is 3. The van der Waals surface area contributed by atoms with Crippen LogP contribution in [-0.4, -0.2) is 31.7 Å². The number of ketones is 1. The number of anilines is 1. The number of amides is 1. The number of nitrogens with one attached hydrogen (secondary N) is 1. The molecule has 0 bridgehead atoms. The van der Waals surface area contributed by atoms with Gasteiger partial charge in [-0.25, -0.2) is 4.98 Å². The number of hydrogen-bond acceptors (Lipinski definition) is 5. The highest BCUT2D eigenvalue weighted by Gasteiger charge is 2.48. The molecule has 9 heteroatoms. The number of rotatable bonds is 3. The van der Waals surface area contributed by atoms with Gasteiger partial charge in [0.2, 0.25) is 5.95 Å². The first-order valence-electron chi connectivity index (χ1n) is 9.58. The number of carbonyl (C=O) groups excluding carboxylic acids is 2. The number of para-hydroxylation sites is 2. The summed E-state index contributed by atoms with van der Waals surface area (Å²) in [4.78, 5) is 39.3. The summed E-state index contributed by atoms with van der Waals surface area (Å²) in [7, 11) is 0. The van der Waals surface area contributed by atoms with Crippen molar-refractivity contribution in [1.82, 2.24) is 15.0 Å². The first-order valence-corrected chi connectivity index (χ1v) is 10.3. The number of nitrogens with zero attached hydrogens (tertiary/aromatic N) is 3. The monoisotopic (exact) mass is 464 g/mol. The van der Waals surface area contributed by atoms with Crippen LogP contribution in [0.5, 0.6) is 0 Å². The Bertz CT molecular complexity index is 1380. The molecule has 32 heavy (non-hydrogen) atoms. The molecule has 1 fully saturated rings. The van der Waals surface area contributed by atoms with Gasteiger partial charge in [-0.1, -0.05) is 41.4 Å². The highest BCUT2D eigenvalue weighted by atomic mass is 35.5. The molecular formula is C23H14Cl2N4O3. The van der Waals surface area contributed by atoms with Crippen molar-refractivity contribution < 1.29 is 14.7 Å². The number of halogens is 2. The molecule has 1 atom stereocenters. The van der Waals surface area contributed by atoms with E-state index in [1.54, 1.807) is 30.5 Å². The summed E-state index contributed by atoms with van der Waals surface area (Å²) in [5, 5.41) is 11.6. The molecular weight excluding hydrogens is 451 g/mol.